The molecule has 1 unspecified atom stereocenters. The van der Waals surface area contributed by atoms with E-state index in [4.69, 9.17) is 0 Å². The zero-order chi connectivity index (χ0) is 12.7. The maximum atomic E-state index is 12.6. The van der Waals surface area contributed by atoms with Crippen LogP contribution in [0.15, 0.2) is 32.6 Å². The number of aliphatic imine (C=N–C) groups is 1. The van der Waals surface area contributed by atoms with E-state index in [9.17, 15) is 4.21 Å². The molecule has 0 spiro atoms. The highest BCUT2D eigenvalue weighted by Gasteiger charge is 2.34. The normalized spacial score (nSPS) is 23.4. The Balaban J connectivity index is 2.22. The van der Waals surface area contributed by atoms with Crippen LogP contribution in [-0.4, -0.2) is 32.9 Å². The van der Waals surface area contributed by atoms with Crippen molar-refractivity contribution in [2.45, 2.75) is 13.3 Å². The molecule has 0 bridgehead atoms. The first-order valence-corrected chi connectivity index (χ1v) is 8.06. The fourth-order valence-corrected chi connectivity index (χ4v) is 5.09. The van der Waals surface area contributed by atoms with Gasteiger partial charge in [-0.2, -0.15) is 5.10 Å². The SMILES string of the molecule is CSC1=C2C(C)=NCCC2=C(c2ccn[nH]2)S1=O. The Morgan fingerprint density at radius 1 is 1.50 bits per heavy atom. The van der Waals surface area contributed by atoms with Gasteiger partial charge in [-0.3, -0.25) is 10.1 Å². The topological polar surface area (TPSA) is 58.1 Å². The molecule has 0 aliphatic carbocycles. The van der Waals surface area contributed by atoms with E-state index in [0.29, 0.717) is 0 Å². The number of nitrogens with zero attached hydrogens (tertiary/aromatic N) is 2. The minimum Gasteiger partial charge on any atom is -0.289 e. The van der Waals surface area contributed by atoms with Gasteiger partial charge in [0.15, 0.2) is 0 Å². The van der Waals surface area contributed by atoms with Crippen molar-refractivity contribution in [3.05, 3.63) is 33.3 Å². The number of fused-ring (bicyclic) bond motifs is 1. The van der Waals surface area contributed by atoms with Gasteiger partial charge in [-0.15, -0.1) is 11.8 Å². The van der Waals surface area contributed by atoms with Crippen molar-refractivity contribution in [1.29, 1.82) is 0 Å². The molecule has 3 heterocycles. The van der Waals surface area contributed by atoms with Gasteiger partial charge in [-0.25, -0.2) is 4.21 Å². The van der Waals surface area contributed by atoms with Crippen LogP contribution in [0.5, 0.6) is 0 Å². The molecule has 1 N–H and O–H groups in total. The van der Waals surface area contributed by atoms with Gasteiger partial charge in [0.25, 0.3) is 0 Å². The van der Waals surface area contributed by atoms with Gasteiger partial charge in [-0.05, 0) is 31.2 Å². The highest BCUT2D eigenvalue weighted by Crippen LogP contribution is 2.45. The average molecular weight is 279 g/mol. The van der Waals surface area contributed by atoms with Crippen LogP contribution in [0.25, 0.3) is 4.91 Å². The number of hydrogen-bond donors (Lipinski definition) is 1. The Hall–Kier alpha value is -1.14. The molecule has 0 saturated carbocycles. The molecular weight excluding hydrogens is 266 g/mol. The van der Waals surface area contributed by atoms with Gasteiger partial charge in [0.05, 0.1) is 25.6 Å². The molecule has 1 atom stereocenters. The summed E-state index contributed by atoms with van der Waals surface area (Å²) in [7, 11) is -1.10. The van der Waals surface area contributed by atoms with Crippen LogP contribution in [0.4, 0.5) is 0 Å². The molecule has 1 aromatic rings. The van der Waals surface area contributed by atoms with E-state index >= 15 is 0 Å². The van der Waals surface area contributed by atoms with Gasteiger partial charge in [-0.1, -0.05) is 0 Å². The van der Waals surface area contributed by atoms with Gasteiger partial charge in [0.1, 0.15) is 0 Å². The van der Waals surface area contributed by atoms with E-state index in [-0.39, 0.29) is 0 Å². The second-order valence-electron chi connectivity index (χ2n) is 4.13. The van der Waals surface area contributed by atoms with Crippen LogP contribution < -0.4 is 0 Å². The molecule has 2 aliphatic heterocycles. The van der Waals surface area contributed by atoms with Crippen molar-refractivity contribution in [2.75, 3.05) is 12.8 Å². The number of rotatable bonds is 2. The summed E-state index contributed by atoms with van der Waals surface area (Å²) in [4.78, 5) is 5.36. The second-order valence-corrected chi connectivity index (χ2v) is 6.56. The summed E-state index contributed by atoms with van der Waals surface area (Å²) in [5.74, 6) is 0. The fourth-order valence-electron chi connectivity index (χ4n) is 2.38. The summed E-state index contributed by atoms with van der Waals surface area (Å²) in [6.07, 6.45) is 4.52. The van der Waals surface area contributed by atoms with Crippen molar-refractivity contribution >= 4 is 33.2 Å². The lowest BCUT2D eigenvalue weighted by atomic mass is 9.97. The summed E-state index contributed by atoms with van der Waals surface area (Å²) in [5.41, 5.74) is 4.13. The molecule has 0 saturated heterocycles. The second kappa shape index (κ2) is 4.51. The Bertz CT molecular complexity index is 611. The minimum atomic E-state index is -1.10. The first-order valence-electron chi connectivity index (χ1n) is 5.68. The summed E-state index contributed by atoms with van der Waals surface area (Å²) in [6.45, 7) is 2.78. The fraction of sp³-hybridized carbons (Fsp3) is 0.333. The van der Waals surface area contributed by atoms with Crippen LogP contribution in [-0.2, 0) is 10.8 Å². The molecule has 6 heteroatoms. The number of aromatic nitrogens is 2. The van der Waals surface area contributed by atoms with Crippen LogP contribution in [0, 0.1) is 0 Å². The maximum Gasteiger partial charge on any atom is 0.0946 e. The lowest BCUT2D eigenvalue weighted by Gasteiger charge is -2.14. The van der Waals surface area contributed by atoms with Crippen LogP contribution in [0.3, 0.4) is 0 Å². The highest BCUT2D eigenvalue weighted by molar-refractivity contribution is 8.19. The average Bonchev–Trinajstić information content (AvgIpc) is 2.95. The van der Waals surface area contributed by atoms with E-state index in [1.54, 1.807) is 18.0 Å². The molecular formula is C12H13N3OS2. The molecule has 0 fully saturated rings. The van der Waals surface area contributed by atoms with Crippen LogP contribution in [0.2, 0.25) is 0 Å². The van der Waals surface area contributed by atoms with Crippen molar-refractivity contribution in [1.82, 2.24) is 10.2 Å². The maximum absolute atomic E-state index is 12.6. The van der Waals surface area contributed by atoms with E-state index in [0.717, 1.165) is 39.1 Å². The Labute approximate surface area is 112 Å². The molecule has 3 rings (SSSR count). The lowest BCUT2D eigenvalue weighted by Crippen LogP contribution is -2.09. The van der Waals surface area contributed by atoms with E-state index in [1.165, 1.54) is 5.57 Å². The molecule has 0 amide bonds. The van der Waals surface area contributed by atoms with Crippen molar-refractivity contribution in [3.63, 3.8) is 0 Å². The highest BCUT2D eigenvalue weighted by atomic mass is 32.2. The predicted molar refractivity (Wildman–Crippen MR) is 76.8 cm³/mol. The number of allylic oxidation sites excluding steroid dienone is 1. The standard InChI is InChI=1S/C12H13N3OS2/c1-7-10-8(3-5-13-7)11(9-4-6-14-15-9)18(16)12(10)17-2/h4,6H,3,5H2,1-2H3,(H,14,15). The summed E-state index contributed by atoms with van der Waals surface area (Å²) >= 11 is 1.55. The number of H-pyrrole nitrogens is 1. The third-order valence-electron chi connectivity index (χ3n) is 3.14. The van der Waals surface area contributed by atoms with E-state index in [1.807, 2.05) is 19.2 Å². The Kier molecular flexibility index (Phi) is 2.99. The van der Waals surface area contributed by atoms with E-state index in [2.05, 4.69) is 15.2 Å². The van der Waals surface area contributed by atoms with E-state index < -0.39 is 10.8 Å². The molecule has 0 aromatic carbocycles. The Morgan fingerprint density at radius 3 is 3.00 bits per heavy atom. The molecule has 2 aliphatic rings. The summed E-state index contributed by atoms with van der Waals surface area (Å²) < 4.78 is 13.5. The minimum absolute atomic E-state index is 0.779. The van der Waals surface area contributed by atoms with Crippen molar-refractivity contribution < 1.29 is 4.21 Å². The van der Waals surface area contributed by atoms with Crippen LogP contribution in [0.1, 0.15) is 19.0 Å². The number of nitrogens with one attached hydrogen (secondary N) is 1. The smallest absolute Gasteiger partial charge is 0.0946 e. The lowest BCUT2D eigenvalue weighted by molar-refractivity contribution is 0.693. The number of aromatic amines is 1. The largest absolute Gasteiger partial charge is 0.289 e. The zero-order valence-electron chi connectivity index (χ0n) is 10.2. The van der Waals surface area contributed by atoms with Crippen molar-refractivity contribution in [2.24, 2.45) is 4.99 Å². The molecule has 94 valence electrons. The zero-order valence-corrected chi connectivity index (χ0v) is 11.8. The summed E-state index contributed by atoms with van der Waals surface area (Å²) in [6, 6.07) is 1.88. The van der Waals surface area contributed by atoms with Gasteiger partial charge >= 0.3 is 0 Å². The van der Waals surface area contributed by atoms with Gasteiger partial charge < -0.3 is 0 Å². The number of hydrogen-bond acceptors (Lipinski definition) is 4. The Morgan fingerprint density at radius 2 is 2.33 bits per heavy atom. The third-order valence-corrected chi connectivity index (χ3v) is 6.04. The van der Waals surface area contributed by atoms with Gasteiger partial charge in [0, 0.05) is 24.0 Å². The van der Waals surface area contributed by atoms with Crippen LogP contribution >= 0.6 is 11.8 Å². The molecule has 0 radical (unpaired) electrons. The monoisotopic (exact) mass is 279 g/mol. The van der Waals surface area contributed by atoms with Gasteiger partial charge in [0.2, 0.25) is 0 Å². The summed E-state index contributed by atoms with van der Waals surface area (Å²) in [5, 5.41) is 6.88. The molecule has 4 nitrogen and oxygen atoms in total. The van der Waals surface area contributed by atoms with Crippen molar-refractivity contribution in [3.8, 4) is 0 Å². The number of thioether (sulfide) groups is 1. The molecule has 1 aromatic heterocycles. The molecule has 18 heavy (non-hydrogen) atoms. The predicted octanol–water partition coefficient (Wildman–Crippen LogP) is 2.32. The first kappa shape index (κ1) is 11.9. The quantitative estimate of drug-likeness (QED) is 0.904. The first-order chi connectivity index (χ1) is 8.74. The third kappa shape index (κ3) is 1.63.